The molecule has 0 unspecified atom stereocenters. The van der Waals surface area contributed by atoms with Crippen molar-refractivity contribution in [2.75, 3.05) is 65.6 Å². The molecule has 4 rings (SSSR count). The van der Waals surface area contributed by atoms with E-state index in [0.717, 1.165) is 50.7 Å². The quantitative estimate of drug-likeness (QED) is 0.717. The highest BCUT2D eigenvalue weighted by atomic mass is 19.3. The lowest BCUT2D eigenvalue weighted by molar-refractivity contribution is -0.0698. The molecule has 168 valence electrons. The number of aliphatic hydroxyl groups excluding tert-OH is 1. The molecule has 6 nitrogen and oxygen atoms in total. The van der Waals surface area contributed by atoms with Crippen molar-refractivity contribution in [3.8, 4) is 5.75 Å². The Kier molecular flexibility index (Phi) is 7.20. The van der Waals surface area contributed by atoms with Gasteiger partial charge in [-0.25, -0.2) is 8.78 Å². The lowest BCUT2D eigenvalue weighted by Crippen LogP contribution is -2.49. The number of halogens is 2. The monoisotopic (exact) mass is 425 g/mol. The highest BCUT2D eigenvalue weighted by molar-refractivity contribution is 5.27. The Balaban J connectivity index is 1.21. The topological polar surface area (TPSA) is 48.4 Å². The largest absolute Gasteiger partial charge is 0.492 e. The number of benzene rings is 1. The van der Waals surface area contributed by atoms with Crippen LogP contribution in [-0.4, -0.2) is 104 Å². The summed E-state index contributed by atoms with van der Waals surface area (Å²) in [6.07, 6.45) is -0.702. The summed E-state index contributed by atoms with van der Waals surface area (Å²) in [7, 11) is 0. The molecule has 3 aliphatic rings. The summed E-state index contributed by atoms with van der Waals surface area (Å²) in [5, 5.41) is 10.5. The molecule has 0 aromatic heterocycles. The second kappa shape index (κ2) is 9.87. The maximum absolute atomic E-state index is 13.4. The maximum Gasteiger partial charge on any atom is 0.250 e. The number of likely N-dealkylation sites (tertiary alicyclic amines) is 2. The van der Waals surface area contributed by atoms with E-state index < -0.39 is 12.0 Å². The number of nitrogens with zero attached hydrogens (tertiary/aromatic N) is 3. The normalized spacial score (nSPS) is 28.6. The molecule has 30 heavy (non-hydrogen) atoms. The van der Waals surface area contributed by atoms with E-state index >= 15 is 0 Å². The zero-order valence-corrected chi connectivity index (χ0v) is 17.5. The van der Waals surface area contributed by atoms with Crippen LogP contribution in [0.4, 0.5) is 8.78 Å². The predicted octanol–water partition coefficient (Wildman–Crippen LogP) is 1.67. The molecule has 0 aliphatic carbocycles. The summed E-state index contributed by atoms with van der Waals surface area (Å²) >= 11 is 0. The summed E-state index contributed by atoms with van der Waals surface area (Å²) in [5.41, 5.74) is 1.16. The molecule has 1 aromatic carbocycles. The summed E-state index contributed by atoms with van der Waals surface area (Å²) in [5.74, 6) is -1.69. The summed E-state index contributed by atoms with van der Waals surface area (Å²) in [6, 6.07) is 8.05. The fourth-order valence-electron chi connectivity index (χ4n) is 4.58. The average molecular weight is 426 g/mol. The first-order valence-corrected chi connectivity index (χ1v) is 11.0. The van der Waals surface area contributed by atoms with Crippen LogP contribution in [0.2, 0.25) is 0 Å². The number of β-amino-alcohol motifs (C(OH)–C–C–N with tert-alkyl or cyclic N) is 1. The smallest absolute Gasteiger partial charge is 0.250 e. The molecule has 3 aliphatic heterocycles. The minimum absolute atomic E-state index is 0.0520. The number of ether oxygens (including phenoxy) is 2. The van der Waals surface area contributed by atoms with Gasteiger partial charge in [0.1, 0.15) is 12.4 Å². The maximum atomic E-state index is 13.4. The molecule has 3 saturated heterocycles. The van der Waals surface area contributed by atoms with Gasteiger partial charge in [-0.3, -0.25) is 14.7 Å². The Morgan fingerprint density at radius 2 is 1.70 bits per heavy atom. The van der Waals surface area contributed by atoms with Gasteiger partial charge in [0.25, 0.3) is 5.92 Å². The van der Waals surface area contributed by atoms with Gasteiger partial charge in [-0.15, -0.1) is 0 Å². The van der Waals surface area contributed by atoms with Crippen molar-refractivity contribution in [2.24, 2.45) is 0 Å². The van der Waals surface area contributed by atoms with Crippen molar-refractivity contribution >= 4 is 0 Å². The van der Waals surface area contributed by atoms with Gasteiger partial charge in [0.2, 0.25) is 0 Å². The van der Waals surface area contributed by atoms with Crippen LogP contribution in [-0.2, 0) is 11.3 Å². The number of piperidine rings is 1. The van der Waals surface area contributed by atoms with Gasteiger partial charge >= 0.3 is 0 Å². The van der Waals surface area contributed by atoms with Crippen LogP contribution in [0.25, 0.3) is 0 Å². The number of alkyl halides is 2. The Hall–Kier alpha value is -1.32. The first-order valence-electron chi connectivity index (χ1n) is 11.0. The second-order valence-corrected chi connectivity index (χ2v) is 8.67. The number of morpholine rings is 1. The van der Waals surface area contributed by atoms with Crippen LogP contribution in [0.3, 0.4) is 0 Å². The van der Waals surface area contributed by atoms with Crippen LogP contribution in [0.1, 0.15) is 18.4 Å². The molecule has 1 aromatic rings. The number of hydrogen-bond acceptors (Lipinski definition) is 6. The number of rotatable bonds is 7. The molecule has 0 saturated carbocycles. The van der Waals surface area contributed by atoms with Gasteiger partial charge in [-0.05, 0) is 17.7 Å². The molecule has 0 radical (unpaired) electrons. The molecule has 1 N–H and O–H groups in total. The fraction of sp³-hybridized carbons (Fsp3) is 0.727. The van der Waals surface area contributed by atoms with E-state index in [9.17, 15) is 13.9 Å². The van der Waals surface area contributed by atoms with E-state index in [2.05, 4.69) is 21.9 Å². The predicted molar refractivity (Wildman–Crippen MR) is 110 cm³/mol. The van der Waals surface area contributed by atoms with Crippen LogP contribution in [0.5, 0.6) is 5.75 Å². The van der Waals surface area contributed by atoms with Crippen molar-refractivity contribution in [3.63, 3.8) is 0 Å². The van der Waals surface area contributed by atoms with E-state index in [1.165, 1.54) is 0 Å². The molecule has 0 spiro atoms. The molecule has 0 bridgehead atoms. The van der Waals surface area contributed by atoms with Crippen LogP contribution in [0, 0.1) is 0 Å². The second-order valence-electron chi connectivity index (χ2n) is 8.67. The summed E-state index contributed by atoms with van der Waals surface area (Å²) < 4.78 is 38.0. The van der Waals surface area contributed by atoms with Gasteiger partial charge in [0.15, 0.2) is 0 Å². The van der Waals surface area contributed by atoms with Gasteiger partial charge in [0.05, 0.1) is 19.3 Å². The lowest BCUT2D eigenvalue weighted by atomic mass is 10.0. The molecule has 3 fully saturated rings. The van der Waals surface area contributed by atoms with Crippen LogP contribution >= 0.6 is 0 Å². The van der Waals surface area contributed by atoms with Crippen molar-refractivity contribution in [3.05, 3.63) is 29.8 Å². The average Bonchev–Trinajstić information content (AvgIpc) is 3.10. The van der Waals surface area contributed by atoms with Gasteiger partial charge in [-0.2, -0.15) is 0 Å². The molecule has 2 atom stereocenters. The summed E-state index contributed by atoms with van der Waals surface area (Å²) in [6.45, 7) is 7.84. The fourth-order valence-corrected chi connectivity index (χ4v) is 4.58. The Morgan fingerprint density at radius 3 is 2.40 bits per heavy atom. The van der Waals surface area contributed by atoms with Crippen molar-refractivity contribution in [1.29, 1.82) is 0 Å². The van der Waals surface area contributed by atoms with Crippen molar-refractivity contribution in [1.82, 2.24) is 14.7 Å². The minimum atomic E-state index is -2.55. The van der Waals surface area contributed by atoms with Crippen molar-refractivity contribution in [2.45, 2.75) is 37.5 Å². The third kappa shape index (κ3) is 5.88. The van der Waals surface area contributed by atoms with Crippen LogP contribution in [0.15, 0.2) is 24.3 Å². The molecule has 8 heteroatoms. The van der Waals surface area contributed by atoms with Crippen molar-refractivity contribution < 1.29 is 23.4 Å². The lowest BCUT2D eigenvalue weighted by Gasteiger charge is -2.36. The van der Waals surface area contributed by atoms with Gasteiger partial charge in [0, 0.05) is 71.2 Å². The molecular formula is C22H33F2N3O3. The van der Waals surface area contributed by atoms with Crippen LogP contribution < -0.4 is 4.74 Å². The zero-order chi connectivity index (χ0) is 21.0. The van der Waals surface area contributed by atoms with E-state index in [1.54, 1.807) is 0 Å². The summed E-state index contributed by atoms with van der Waals surface area (Å²) in [4.78, 5) is 6.58. The molecule has 0 amide bonds. The van der Waals surface area contributed by atoms with E-state index in [4.69, 9.17) is 9.47 Å². The highest BCUT2D eigenvalue weighted by Crippen LogP contribution is 2.30. The van der Waals surface area contributed by atoms with E-state index in [0.29, 0.717) is 32.8 Å². The molecular weight excluding hydrogens is 392 g/mol. The van der Waals surface area contributed by atoms with E-state index in [1.807, 2.05) is 17.0 Å². The zero-order valence-electron chi connectivity index (χ0n) is 17.5. The highest BCUT2D eigenvalue weighted by Gasteiger charge is 2.41. The van der Waals surface area contributed by atoms with Gasteiger partial charge in [-0.1, -0.05) is 12.1 Å². The number of hydrogen-bond donors (Lipinski definition) is 1. The Morgan fingerprint density at radius 1 is 1.00 bits per heavy atom. The third-order valence-electron chi connectivity index (χ3n) is 6.44. The number of aliphatic hydroxyl groups is 1. The molecule has 3 heterocycles. The SMILES string of the molecule is O[C@H]1CN(Cc2ccc(OCCN3CCOCC3)cc2)C[C@@H]1N1CCC(F)(F)CC1. The Labute approximate surface area is 177 Å². The minimum Gasteiger partial charge on any atom is -0.492 e. The van der Waals surface area contributed by atoms with Gasteiger partial charge < -0.3 is 14.6 Å². The first-order chi connectivity index (χ1) is 14.5. The third-order valence-corrected chi connectivity index (χ3v) is 6.44. The standard InChI is InChI=1S/C22H33F2N3O3/c23-22(24)5-7-27(8-6-22)20-16-26(17-21(20)28)15-18-1-3-19(4-2-18)30-14-11-25-9-12-29-13-10-25/h1-4,20-21,28H,5-17H2/t20-,21-/m0/s1. The first kappa shape index (κ1) is 21.9. The van der Waals surface area contributed by atoms with E-state index in [-0.39, 0.29) is 18.9 Å². The Bertz CT molecular complexity index is 660.